The molecule has 1 rings (SSSR count). The Morgan fingerprint density at radius 3 is 2.76 bits per heavy atom. The number of rotatable bonds is 9. The number of hydrogen-bond donors (Lipinski definition) is 0. The van der Waals surface area contributed by atoms with Crippen molar-refractivity contribution in [1.29, 1.82) is 0 Å². The van der Waals surface area contributed by atoms with Crippen molar-refractivity contribution in [3.05, 3.63) is 12.2 Å². The lowest BCUT2D eigenvalue weighted by Gasteiger charge is -2.22. The molecule has 0 aromatic heterocycles. The van der Waals surface area contributed by atoms with Crippen LogP contribution in [-0.4, -0.2) is 19.5 Å². The largest absolute Gasteiger partial charge is 0.353 e. The van der Waals surface area contributed by atoms with E-state index in [9.17, 15) is 0 Å². The van der Waals surface area contributed by atoms with Crippen molar-refractivity contribution in [3.63, 3.8) is 0 Å². The van der Waals surface area contributed by atoms with E-state index < -0.39 is 0 Å². The standard InChI is InChI=1S/C15H28O2/c1-2-3-4-5-6-7-8-10-13-16-15-12-9-11-14-17-15/h3-4,15H,2,5-14H2,1H3/b4-3-. The molecule has 0 spiro atoms. The molecule has 2 nitrogen and oxygen atoms in total. The Morgan fingerprint density at radius 1 is 1.12 bits per heavy atom. The van der Waals surface area contributed by atoms with E-state index in [1.165, 1.54) is 44.9 Å². The molecular weight excluding hydrogens is 212 g/mol. The van der Waals surface area contributed by atoms with E-state index in [0.29, 0.717) is 0 Å². The Bertz CT molecular complexity index is 183. The molecule has 0 aromatic rings. The molecule has 0 N–H and O–H groups in total. The minimum Gasteiger partial charge on any atom is -0.353 e. The first-order chi connectivity index (χ1) is 8.43. The summed E-state index contributed by atoms with van der Waals surface area (Å²) in [6, 6.07) is 0. The molecule has 1 aliphatic heterocycles. The fourth-order valence-corrected chi connectivity index (χ4v) is 2.06. The number of hydrogen-bond acceptors (Lipinski definition) is 2. The van der Waals surface area contributed by atoms with Crippen LogP contribution in [0.5, 0.6) is 0 Å². The van der Waals surface area contributed by atoms with Gasteiger partial charge >= 0.3 is 0 Å². The molecular formula is C15H28O2. The number of allylic oxidation sites excluding steroid dienone is 2. The molecule has 1 unspecified atom stereocenters. The number of ether oxygens (including phenoxy) is 2. The first kappa shape index (κ1) is 14.7. The third-order valence-electron chi connectivity index (χ3n) is 3.11. The summed E-state index contributed by atoms with van der Waals surface area (Å²) >= 11 is 0. The van der Waals surface area contributed by atoms with Gasteiger partial charge < -0.3 is 9.47 Å². The predicted octanol–water partition coefficient (Wildman–Crippen LogP) is 4.45. The van der Waals surface area contributed by atoms with Crippen molar-refractivity contribution in [2.45, 2.75) is 71.0 Å². The van der Waals surface area contributed by atoms with E-state index in [4.69, 9.17) is 9.47 Å². The summed E-state index contributed by atoms with van der Waals surface area (Å²) in [7, 11) is 0. The maximum Gasteiger partial charge on any atom is 0.157 e. The zero-order valence-electron chi connectivity index (χ0n) is 11.3. The monoisotopic (exact) mass is 240 g/mol. The lowest BCUT2D eigenvalue weighted by atomic mass is 10.1. The van der Waals surface area contributed by atoms with Gasteiger partial charge in [-0.1, -0.05) is 31.9 Å². The van der Waals surface area contributed by atoms with Gasteiger partial charge in [0.15, 0.2) is 6.29 Å². The molecule has 1 fully saturated rings. The molecule has 0 saturated carbocycles. The second kappa shape index (κ2) is 10.8. The van der Waals surface area contributed by atoms with Crippen molar-refractivity contribution in [1.82, 2.24) is 0 Å². The highest BCUT2D eigenvalue weighted by Gasteiger charge is 2.12. The van der Waals surface area contributed by atoms with Crippen LogP contribution in [0.15, 0.2) is 12.2 Å². The topological polar surface area (TPSA) is 18.5 Å². The van der Waals surface area contributed by atoms with E-state index in [0.717, 1.165) is 26.1 Å². The van der Waals surface area contributed by atoms with E-state index in [2.05, 4.69) is 19.1 Å². The zero-order chi connectivity index (χ0) is 12.2. The van der Waals surface area contributed by atoms with Gasteiger partial charge in [-0.3, -0.25) is 0 Å². The molecule has 100 valence electrons. The van der Waals surface area contributed by atoms with Crippen molar-refractivity contribution >= 4 is 0 Å². The maximum atomic E-state index is 5.69. The molecule has 1 saturated heterocycles. The lowest BCUT2D eigenvalue weighted by molar-refractivity contribution is -0.162. The van der Waals surface area contributed by atoms with Crippen molar-refractivity contribution < 1.29 is 9.47 Å². The Balaban J connectivity index is 1.79. The molecule has 1 heterocycles. The third-order valence-corrected chi connectivity index (χ3v) is 3.11. The van der Waals surface area contributed by atoms with Crippen LogP contribution in [0.4, 0.5) is 0 Å². The highest BCUT2D eigenvalue weighted by molar-refractivity contribution is 4.79. The van der Waals surface area contributed by atoms with Gasteiger partial charge in [-0.25, -0.2) is 0 Å². The predicted molar refractivity (Wildman–Crippen MR) is 72.1 cm³/mol. The van der Waals surface area contributed by atoms with Crippen molar-refractivity contribution in [3.8, 4) is 0 Å². The van der Waals surface area contributed by atoms with Crippen molar-refractivity contribution in [2.75, 3.05) is 13.2 Å². The van der Waals surface area contributed by atoms with E-state index >= 15 is 0 Å². The van der Waals surface area contributed by atoms with E-state index in [1.54, 1.807) is 0 Å². The van der Waals surface area contributed by atoms with Gasteiger partial charge in [-0.15, -0.1) is 0 Å². The molecule has 1 atom stereocenters. The highest BCUT2D eigenvalue weighted by Crippen LogP contribution is 2.14. The summed E-state index contributed by atoms with van der Waals surface area (Å²) in [5.74, 6) is 0. The highest BCUT2D eigenvalue weighted by atomic mass is 16.7. The van der Waals surface area contributed by atoms with Gasteiger partial charge in [0.05, 0.1) is 0 Å². The molecule has 0 aliphatic carbocycles. The van der Waals surface area contributed by atoms with Crippen LogP contribution < -0.4 is 0 Å². The van der Waals surface area contributed by atoms with Gasteiger partial charge in [0, 0.05) is 13.2 Å². The Morgan fingerprint density at radius 2 is 2.00 bits per heavy atom. The second-order valence-electron chi connectivity index (χ2n) is 4.75. The minimum atomic E-state index is 0.0937. The lowest BCUT2D eigenvalue weighted by Crippen LogP contribution is -2.22. The molecule has 0 bridgehead atoms. The SMILES string of the molecule is CC/C=C\CCCCCCOC1CCCCO1. The summed E-state index contributed by atoms with van der Waals surface area (Å²) in [4.78, 5) is 0. The Labute approximate surface area is 106 Å². The van der Waals surface area contributed by atoms with Crippen LogP contribution in [0, 0.1) is 0 Å². The molecule has 0 amide bonds. The molecule has 17 heavy (non-hydrogen) atoms. The first-order valence-electron chi connectivity index (χ1n) is 7.31. The fourth-order valence-electron chi connectivity index (χ4n) is 2.06. The van der Waals surface area contributed by atoms with Crippen LogP contribution in [0.2, 0.25) is 0 Å². The summed E-state index contributed by atoms with van der Waals surface area (Å²) in [6.45, 7) is 3.94. The average Bonchev–Trinajstić information content (AvgIpc) is 2.38. The van der Waals surface area contributed by atoms with Gasteiger partial charge in [-0.2, -0.15) is 0 Å². The van der Waals surface area contributed by atoms with Gasteiger partial charge in [0.2, 0.25) is 0 Å². The van der Waals surface area contributed by atoms with Crippen LogP contribution >= 0.6 is 0 Å². The van der Waals surface area contributed by atoms with Crippen LogP contribution in [0.1, 0.15) is 64.7 Å². The van der Waals surface area contributed by atoms with Crippen LogP contribution in [0.3, 0.4) is 0 Å². The number of unbranched alkanes of at least 4 members (excludes halogenated alkanes) is 4. The summed E-state index contributed by atoms with van der Waals surface area (Å²) in [6.07, 6.45) is 15.7. The quantitative estimate of drug-likeness (QED) is 0.438. The summed E-state index contributed by atoms with van der Waals surface area (Å²) < 4.78 is 11.2. The van der Waals surface area contributed by atoms with Gasteiger partial charge in [0.25, 0.3) is 0 Å². The molecule has 2 heteroatoms. The summed E-state index contributed by atoms with van der Waals surface area (Å²) in [5, 5.41) is 0. The molecule has 1 aliphatic rings. The average molecular weight is 240 g/mol. The van der Waals surface area contributed by atoms with Crippen LogP contribution in [-0.2, 0) is 9.47 Å². The first-order valence-corrected chi connectivity index (χ1v) is 7.31. The zero-order valence-corrected chi connectivity index (χ0v) is 11.3. The Kier molecular flexibility index (Phi) is 9.34. The minimum absolute atomic E-state index is 0.0937. The van der Waals surface area contributed by atoms with Crippen molar-refractivity contribution in [2.24, 2.45) is 0 Å². The molecule has 0 radical (unpaired) electrons. The fraction of sp³-hybridized carbons (Fsp3) is 0.867. The normalized spacial score (nSPS) is 21.1. The van der Waals surface area contributed by atoms with Gasteiger partial charge in [-0.05, 0) is 44.9 Å². The summed E-state index contributed by atoms with van der Waals surface area (Å²) in [5.41, 5.74) is 0. The second-order valence-corrected chi connectivity index (χ2v) is 4.75. The van der Waals surface area contributed by atoms with E-state index in [-0.39, 0.29) is 6.29 Å². The third kappa shape index (κ3) is 8.39. The smallest absolute Gasteiger partial charge is 0.157 e. The van der Waals surface area contributed by atoms with E-state index in [1.807, 2.05) is 0 Å². The van der Waals surface area contributed by atoms with Gasteiger partial charge in [0.1, 0.15) is 0 Å². The Hall–Kier alpha value is -0.340. The molecule has 0 aromatic carbocycles. The maximum absolute atomic E-state index is 5.69. The van der Waals surface area contributed by atoms with Crippen LogP contribution in [0.25, 0.3) is 0 Å².